The number of rotatable bonds is 14. The minimum atomic E-state index is -2.20. The first-order valence-electron chi connectivity index (χ1n) is 14.1. The predicted octanol–water partition coefficient (Wildman–Crippen LogP) is -0.156. The van der Waals surface area contributed by atoms with E-state index in [1.165, 1.54) is 0 Å². The number of hydrogen-bond donors (Lipinski definition) is 12. The Morgan fingerprint density at radius 2 is 1.06 bits per heavy atom. The van der Waals surface area contributed by atoms with Crippen molar-refractivity contribution in [3.63, 3.8) is 0 Å². The monoisotopic (exact) mass is 700 g/mol. The zero-order chi connectivity index (χ0) is 35.4. The number of aliphatic imine (C=N–C) groups is 4. The highest BCUT2D eigenvalue weighted by Crippen LogP contribution is 2.14. The van der Waals surface area contributed by atoms with Gasteiger partial charge in [-0.05, 0) is 61.4 Å². The number of halogens is 2. The van der Waals surface area contributed by atoms with E-state index >= 15 is 0 Å². The van der Waals surface area contributed by atoms with Crippen molar-refractivity contribution in [2.24, 2.45) is 42.9 Å². The van der Waals surface area contributed by atoms with Gasteiger partial charge >= 0.3 is 5.97 Å². The number of aliphatic carboxylic acids is 1. The molecule has 0 aliphatic rings. The number of anilines is 2. The molecule has 2 aromatic rings. The van der Waals surface area contributed by atoms with Gasteiger partial charge in [0.15, 0.2) is 6.10 Å². The Hall–Kier alpha value is -4.23. The van der Waals surface area contributed by atoms with Gasteiger partial charge in [-0.25, -0.2) is 4.79 Å². The van der Waals surface area contributed by atoms with Crippen molar-refractivity contribution < 1.29 is 35.4 Å². The lowest BCUT2D eigenvalue weighted by Crippen LogP contribution is -2.48. The molecule has 2 aromatic carbocycles. The number of aliphatic hydroxyl groups excluding tert-OH is 5. The molecular weight excluding hydrogens is 659 g/mol. The smallest absolute Gasteiger partial charge is 0.335 e. The fourth-order valence-electron chi connectivity index (χ4n) is 3.37. The van der Waals surface area contributed by atoms with Crippen LogP contribution in [0.5, 0.6) is 0 Å². The number of nitrogens with zero attached hydrogens (tertiary/aromatic N) is 4. The summed E-state index contributed by atoms with van der Waals surface area (Å²) in [5.74, 6) is -1.16. The fraction of sp³-hybridized carbons (Fsp3) is 0.393. The Morgan fingerprint density at radius 3 is 1.40 bits per heavy atom. The van der Waals surface area contributed by atoms with Crippen molar-refractivity contribution in [2.75, 3.05) is 30.3 Å². The number of carboxylic acid groups (broad SMARTS) is 1. The molecule has 0 amide bonds. The van der Waals surface area contributed by atoms with Crippen molar-refractivity contribution in [2.45, 2.75) is 50.1 Å². The summed E-state index contributed by atoms with van der Waals surface area (Å²) in [6, 6.07) is 14.1. The molecule has 4 atom stereocenters. The molecule has 0 bridgehead atoms. The summed E-state index contributed by atoms with van der Waals surface area (Å²) in [6.07, 6.45) is -4.15. The molecule has 0 saturated carbocycles. The molecule has 17 nitrogen and oxygen atoms in total. The Morgan fingerprint density at radius 1 is 0.681 bits per heavy atom. The van der Waals surface area contributed by atoms with Crippen molar-refractivity contribution >= 4 is 64.4 Å². The summed E-state index contributed by atoms with van der Waals surface area (Å²) in [5.41, 5.74) is 24.8. The molecule has 0 radical (unpaired) electrons. The summed E-state index contributed by atoms with van der Waals surface area (Å²) in [6.45, 7) is 0.281. The maximum Gasteiger partial charge on any atom is 0.335 e. The highest BCUT2D eigenvalue weighted by molar-refractivity contribution is 6.31. The van der Waals surface area contributed by atoms with Crippen LogP contribution in [0.3, 0.4) is 0 Å². The fourth-order valence-corrected chi connectivity index (χ4v) is 3.62. The third-order valence-corrected chi connectivity index (χ3v) is 6.33. The Labute approximate surface area is 281 Å². The van der Waals surface area contributed by atoms with E-state index in [0.717, 1.165) is 37.1 Å². The van der Waals surface area contributed by atoms with Gasteiger partial charge in [0, 0.05) is 34.5 Å². The average Bonchev–Trinajstić information content (AvgIpc) is 3.03. The Kier molecular flexibility index (Phi) is 19.4. The quantitative estimate of drug-likeness (QED) is 0.0693. The number of carboxylic acids is 1. The van der Waals surface area contributed by atoms with E-state index in [9.17, 15) is 4.79 Å². The highest BCUT2D eigenvalue weighted by atomic mass is 35.5. The average molecular weight is 702 g/mol. The lowest BCUT2D eigenvalue weighted by molar-refractivity contribution is -0.164. The number of nitrogens with two attached hydrogens (primary N) is 4. The summed E-state index contributed by atoms with van der Waals surface area (Å²) >= 11 is 11.7. The van der Waals surface area contributed by atoms with E-state index in [1.807, 2.05) is 0 Å². The summed E-state index contributed by atoms with van der Waals surface area (Å²) < 4.78 is 0. The second-order valence-electron chi connectivity index (χ2n) is 9.67. The van der Waals surface area contributed by atoms with Crippen LogP contribution in [0.4, 0.5) is 11.4 Å². The number of carbonyl (C=O) groups is 1. The van der Waals surface area contributed by atoms with Gasteiger partial charge in [-0.3, -0.25) is 9.98 Å². The molecule has 260 valence electrons. The van der Waals surface area contributed by atoms with E-state index in [4.69, 9.17) is 76.8 Å². The van der Waals surface area contributed by atoms with Crippen LogP contribution in [0.1, 0.15) is 25.7 Å². The van der Waals surface area contributed by atoms with Gasteiger partial charge in [0.2, 0.25) is 23.8 Å². The molecular formula is C28H42Cl2N10O7. The number of hydrogen-bond acceptors (Lipinski definition) is 8. The number of benzene rings is 2. The van der Waals surface area contributed by atoms with Gasteiger partial charge in [-0.1, -0.05) is 36.0 Å². The minimum absolute atomic E-state index is 0.124. The zero-order valence-corrected chi connectivity index (χ0v) is 26.8. The van der Waals surface area contributed by atoms with Gasteiger partial charge in [-0.15, -0.1) is 0 Å². The van der Waals surface area contributed by atoms with Crippen molar-refractivity contribution in [3.05, 3.63) is 58.6 Å². The van der Waals surface area contributed by atoms with E-state index in [2.05, 4.69) is 30.6 Å². The highest BCUT2D eigenvalue weighted by Gasteiger charge is 2.33. The molecule has 0 fully saturated rings. The van der Waals surface area contributed by atoms with Crippen LogP contribution in [0.2, 0.25) is 10.0 Å². The third kappa shape index (κ3) is 17.9. The molecule has 2 rings (SSSR count). The first-order chi connectivity index (χ1) is 22.2. The van der Waals surface area contributed by atoms with E-state index in [-0.39, 0.29) is 23.8 Å². The standard InChI is InChI=1S/C22H30Cl2N10.C6H12O7/c23-15-5-9-17(10-6-15)31-21(27)33-19(25)29-13-3-1-2-4-14-30-20(26)34-22(28)32-18-11-7-16(24)8-12-18;7-1-2(8)3(9)4(10)5(11)6(12)13/h5-12H,1-4,13-14H2,(H5,25,27,29,31,33)(H5,26,28,30,32,34);2-5,7-11H,1H2,(H,12,13)/t;2-,3-,4-,5+/m.0/s1. The maximum atomic E-state index is 10.1. The molecule has 0 heterocycles. The normalized spacial score (nSPS) is 15.1. The number of guanidine groups is 4. The molecule has 0 spiro atoms. The number of nitrogens with one attached hydrogen (secondary N) is 2. The van der Waals surface area contributed by atoms with E-state index in [1.54, 1.807) is 48.5 Å². The molecule has 0 saturated heterocycles. The predicted molar refractivity (Wildman–Crippen MR) is 184 cm³/mol. The zero-order valence-electron chi connectivity index (χ0n) is 25.3. The second kappa shape index (κ2) is 22.3. The van der Waals surface area contributed by atoms with Crippen LogP contribution in [-0.2, 0) is 4.79 Å². The summed E-state index contributed by atoms with van der Waals surface area (Å²) in [4.78, 5) is 26.6. The molecule has 0 aliphatic carbocycles. The van der Waals surface area contributed by atoms with Crippen LogP contribution in [0.25, 0.3) is 0 Å². The Bertz CT molecular complexity index is 1260. The molecule has 0 aromatic heterocycles. The van der Waals surface area contributed by atoms with Crippen molar-refractivity contribution in [3.8, 4) is 0 Å². The van der Waals surface area contributed by atoms with Crippen LogP contribution in [0.15, 0.2) is 68.5 Å². The van der Waals surface area contributed by atoms with Gasteiger partial charge in [0.25, 0.3) is 0 Å². The summed E-state index contributed by atoms with van der Waals surface area (Å²) in [5, 5.41) is 58.9. The van der Waals surface area contributed by atoms with E-state index in [0.29, 0.717) is 23.1 Å². The van der Waals surface area contributed by atoms with E-state index < -0.39 is 37.0 Å². The summed E-state index contributed by atoms with van der Waals surface area (Å²) in [7, 11) is 0. The topological polar surface area (TPSA) is 316 Å². The SMILES string of the molecule is NC(=NCCCCCCN=C(N)/N=C(\N)Nc1ccc(Cl)cc1)/N=C(\N)Nc1ccc(Cl)cc1.O=C(O)[C@H](O)[C@@H](O)[C@@H](O)[C@@H](O)CO. The molecule has 0 unspecified atom stereocenters. The third-order valence-electron chi connectivity index (χ3n) is 5.82. The first-order valence-corrected chi connectivity index (χ1v) is 14.9. The van der Waals surface area contributed by atoms with Gasteiger partial charge in [0.1, 0.15) is 18.3 Å². The first kappa shape index (κ1) is 40.8. The van der Waals surface area contributed by atoms with Crippen LogP contribution < -0.4 is 33.6 Å². The molecule has 16 N–H and O–H groups in total. The number of unbranched alkanes of at least 4 members (excludes halogenated alkanes) is 3. The van der Waals surface area contributed by atoms with Crippen molar-refractivity contribution in [1.82, 2.24) is 0 Å². The van der Waals surface area contributed by atoms with Gasteiger partial charge < -0.3 is 64.2 Å². The largest absolute Gasteiger partial charge is 0.479 e. The van der Waals surface area contributed by atoms with Crippen LogP contribution in [0, 0.1) is 0 Å². The molecule has 0 aliphatic heterocycles. The lowest BCUT2D eigenvalue weighted by atomic mass is 10.0. The molecule has 47 heavy (non-hydrogen) atoms. The van der Waals surface area contributed by atoms with Gasteiger partial charge in [-0.2, -0.15) is 9.98 Å². The number of aliphatic hydroxyl groups is 5. The van der Waals surface area contributed by atoms with Crippen molar-refractivity contribution in [1.29, 1.82) is 0 Å². The maximum absolute atomic E-state index is 10.1. The lowest BCUT2D eigenvalue weighted by Gasteiger charge is -2.23. The Balaban J connectivity index is 0.000000716. The molecule has 19 heteroatoms. The van der Waals surface area contributed by atoms with Crippen LogP contribution >= 0.6 is 23.2 Å². The van der Waals surface area contributed by atoms with Gasteiger partial charge in [0.05, 0.1) is 6.61 Å². The van der Waals surface area contributed by atoms with Crippen LogP contribution in [-0.4, -0.2) is 105 Å². The minimum Gasteiger partial charge on any atom is -0.479 e. The second-order valence-corrected chi connectivity index (χ2v) is 10.5.